The second-order valence-corrected chi connectivity index (χ2v) is 5.41. The van der Waals surface area contributed by atoms with E-state index < -0.39 is 0 Å². The van der Waals surface area contributed by atoms with Crippen molar-refractivity contribution < 1.29 is 0 Å². The second-order valence-electron chi connectivity index (χ2n) is 4.70. The molecule has 2 nitrogen and oxygen atoms in total. The summed E-state index contributed by atoms with van der Waals surface area (Å²) < 4.78 is 2.23. The smallest absolute Gasteiger partial charge is 0.124 e. The van der Waals surface area contributed by atoms with Gasteiger partial charge >= 0.3 is 0 Å². The summed E-state index contributed by atoms with van der Waals surface area (Å²) in [5, 5.41) is 0.758. The molecule has 1 saturated carbocycles. The molecule has 0 amide bonds. The van der Waals surface area contributed by atoms with Crippen molar-refractivity contribution in [2.75, 3.05) is 0 Å². The van der Waals surface area contributed by atoms with Gasteiger partial charge in [0.2, 0.25) is 0 Å². The number of nitrogens with zero attached hydrogens (tertiary/aromatic N) is 2. The summed E-state index contributed by atoms with van der Waals surface area (Å²) in [7, 11) is 0. The Hall–Kier alpha value is -0.730. The van der Waals surface area contributed by atoms with Crippen molar-refractivity contribution in [3.8, 4) is 0 Å². The molecule has 0 unspecified atom stereocenters. The molecule has 1 aliphatic carbocycles. The summed E-state index contributed by atoms with van der Waals surface area (Å²) in [5.74, 6) is 2.20. The van der Waals surface area contributed by atoms with E-state index in [2.05, 4.69) is 9.55 Å². The highest BCUT2D eigenvalue weighted by Crippen LogP contribution is 2.30. The summed E-state index contributed by atoms with van der Waals surface area (Å²) >= 11 is 12.0. The van der Waals surface area contributed by atoms with E-state index in [4.69, 9.17) is 23.2 Å². The van der Waals surface area contributed by atoms with Crippen molar-refractivity contribution in [1.82, 2.24) is 9.55 Å². The fourth-order valence-electron chi connectivity index (χ4n) is 2.39. The molecule has 0 radical (unpaired) electrons. The molecule has 4 heteroatoms. The monoisotopic (exact) mass is 268 g/mol. The SMILES string of the molecule is ClCc1nc2ccc(Cl)cc2n1CC1CCC1. The number of aromatic nitrogens is 2. The first-order chi connectivity index (χ1) is 8.28. The van der Waals surface area contributed by atoms with Crippen LogP contribution in [0.5, 0.6) is 0 Å². The Balaban J connectivity index is 2.07. The Morgan fingerprint density at radius 1 is 1.35 bits per heavy atom. The maximum atomic E-state index is 6.05. The van der Waals surface area contributed by atoms with Gasteiger partial charge in [0.15, 0.2) is 0 Å². The molecule has 0 aliphatic heterocycles. The Bertz CT molecular complexity index is 544. The van der Waals surface area contributed by atoms with Crippen molar-refractivity contribution in [3.63, 3.8) is 0 Å². The quantitative estimate of drug-likeness (QED) is 0.762. The molecule has 1 aromatic carbocycles. The van der Waals surface area contributed by atoms with Crippen molar-refractivity contribution in [1.29, 1.82) is 0 Å². The number of imidazole rings is 1. The molecule has 0 N–H and O–H groups in total. The van der Waals surface area contributed by atoms with Crippen LogP contribution in [-0.4, -0.2) is 9.55 Å². The largest absolute Gasteiger partial charge is 0.327 e. The number of hydrogen-bond acceptors (Lipinski definition) is 1. The fourth-order valence-corrected chi connectivity index (χ4v) is 2.76. The van der Waals surface area contributed by atoms with Crippen LogP contribution in [0.4, 0.5) is 0 Å². The zero-order valence-electron chi connectivity index (χ0n) is 9.50. The first-order valence-electron chi connectivity index (χ1n) is 5.98. The summed E-state index contributed by atoms with van der Waals surface area (Å²) in [4.78, 5) is 4.56. The third kappa shape index (κ3) is 2.04. The first kappa shape index (κ1) is 11.4. The minimum absolute atomic E-state index is 0.457. The van der Waals surface area contributed by atoms with E-state index in [0.29, 0.717) is 5.88 Å². The standard InChI is InChI=1S/C13H14Cl2N2/c14-7-13-16-11-5-4-10(15)6-12(11)17(13)8-9-2-1-3-9/h4-6,9H,1-3,7-8H2. The van der Waals surface area contributed by atoms with Gasteiger partial charge in [0, 0.05) is 11.6 Å². The van der Waals surface area contributed by atoms with Gasteiger partial charge in [0.1, 0.15) is 5.82 Å². The summed E-state index contributed by atoms with van der Waals surface area (Å²) in [5.41, 5.74) is 2.10. The molecule has 0 atom stereocenters. The molecule has 0 bridgehead atoms. The number of fused-ring (bicyclic) bond motifs is 1. The van der Waals surface area contributed by atoms with Crippen molar-refractivity contribution >= 4 is 34.2 Å². The molecule has 1 aliphatic rings. The fraction of sp³-hybridized carbons (Fsp3) is 0.462. The number of alkyl halides is 1. The van der Waals surface area contributed by atoms with E-state index >= 15 is 0 Å². The predicted molar refractivity (Wildman–Crippen MR) is 71.6 cm³/mol. The third-order valence-corrected chi connectivity index (χ3v) is 4.05. The maximum absolute atomic E-state index is 6.05. The minimum atomic E-state index is 0.457. The lowest BCUT2D eigenvalue weighted by molar-refractivity contribution is 0.277. The molecular weight excluding hydrogens is 255 g/mol. The van der Waals surface area contributed by atoms with Crippen molar-refractivity contribution in [3.05, 3.63) is 29.0 Å². The number of benzene rings is 1. The van der Waals surface area contributed by atoms with Gasteiger partial charge < -0.3 is 4.57 Å². The van der Waals surface area contributed by atoms with E-state index in [1.165, 1.54) is 19.3 Å². The van der Waals surface area contributed by atoms with Crippen LogP contribution in [0.25, 0.3) is 11.0 Å². The predicted octanol–water partition coefficient (Wildman–Crippen LogP) is 4.23. The molecular formula is C13H14Cl2N2. The second kappa shape index (κ2) is 4.51. The highest BCUT2D eigenvalue weighted by atomic mass is 35.5. The molecule has 0 spiro atoms. The summed E-state index contributed by atoms with van der Waals surface area (Å²) in [6, 6.07) is 5.83. The van der Waals surface area contributed by atoms with Crippen LogP contribution in [0.15, 0.2) is 18.2 Å². The van der Waals surface area contributed by atoms with Gasteiger partial charge in [-0.2, -0.15) is 0 Å². The topological polar surface area (TPSA) is 17.8 Å². The average Bonchev–Trinajstić information content (AvgIpc) is 2.61. The Morgan fingerprint density at radius 3 is 2.82 bits per heavy atom. The Labute approximate surface area is 111 Å². The van der Waals surface area contributed by atoms with E-state index in [1.807, 2.05) is 18.2 Å². The van der Waals surface area contributed by atoms with Gasteiger partial charge in [-0.25, -0.2) is 4.98 Å². The van der Waals surface area contributed by atoms with E-state index in [1.54, 1.807) is 0 Å². The van der Waals surface area contributed by atoms with Gasteiger partial charge in [-0.15, -0.1) is 11.6 Å². The molecule has 2 aromatic rings. The minimum Gasteiger partial charge on any atom is -0.327 e. The van der Waals surface area contributed by atoms with E-state index in [0.717, 1.165) is 34.3 Å². The van der Waals surface area contributed by atoms with Crippen LogP contribution in [0.3, 0.4) is 0 Å². The lowest BCUT2D eigenvalue weighted by Crippen LogP contribution is -2.19. The number of rotatable bonds is 3. The Kier molecular flexibility index (Phi) is 3.01. The average molecular weight is 269 g/mol. The Morgan fingerprint density at radius 2 is 2.18 bits per heavy atom. The molecule has 1 heterocycles. The molecule has 1 fully saturated rings. The summed E-state index contributed by atoms with van der Waals surface area (Å²) in [6.45, 7) is 1.03. The molecule has 3 rings (SSSR count). The number of halogens is 2. The van der Waals surface area contributed by atoms with Crippen LogP contribution in [0.2, 0.25) is 5.02 Å². The number of hydrogen-bond donors (Lipinski definition) is 0. The van der Waals surface area contributed by atoms with E-state index in [9.17, 15) is 0 Å². The van der Waals surface area contributed by atoms with E-state index in [-0.39, 0.29) is 0 Å². The lowest BCUT2D eigenvalue weighted by atomic mass is 9.85. The zero-order valence-corrected chi connectivity index (χ0v) is 11.0. The highest BCUT2D eigenvalue weighted by molar-refractivity contribution is 6.31. The van der Waals surface area contributed by atoms with Crippen molar-refractivity contribution in [2.24, 2.45) is 5.92 Å². The first-order valence-corrected chi connectivity index (χ1v) is 6.90. The maximum Gasteiger partial charge on any atom is 0.124 e. The van der Waals surface area contributed by atoms with Crippen LogP contribution < -0.4 is 0 Å². The van der Waals surface area contributed by atoms with Gasteiger partial charge in [-0.3, -0.25) is 0 Å². The van der Waals surface area contributed by atoms with Crippen LogP contribution in [0.1, 0.15) is 25.1 Å². The van der Waals surface area contributed by atoms with Crippen LogP contribution in [0, 0.1) is 5.92 Å². The molecule has 90 valence electrons. The molecule has 17 heavy (non-hydrogen) atoms. The zero-order chi connectivity index (χ0) is 11.8. The normalized spacial score (nSPS) is 16.4. The van der Waals surface area contributed by atoms with Gasteiger partial charge in [-0.1, -0.05) is 18.0 Å². The molecule has 0 saturated heterocycles. The van der Waals surface area contributed by atoms with Gasteiger partial charge in [0.25, 0.3) is 0 Å². The van der Waals surface area contributed by atoms with Crippen LogP contribution >= 0.6 is 23.2 Å². The third-order valence-electron chi connectivity index (χ3n) is 3.57. The summed E-state index contributed by atoms with van der Waals surface area (Å²) in [6.07, 6.45) is 4.00. The molecule has 1 aromatic heterocycles. The van der Waals surface area contributed by atoms with Gasteiger partial charge in [-0.05, 0) is 37.0 Å². The van der Waals surface area contributed by atoms with Gasteiger partial charge in [0.05, 0.1) is 16.9 Å². The van der Waals surface area contributed by atoms with Crippen LogP contribution in [-0.2, 0) is 12.4 Å². The van der Waals surface area contributed by atoms with Crippen molar-refractivity contribution in [2.45, 2.75) is 31.7 Å². The highest BCUT2D eigenvalue weighted by Gasteiger charge is 2.20. The lowest BCUT2D eigenvalue weighted by Gasteiger charge is -2.26.